The Hall–Kier alpha value is 0.620. The van der Waals surface area contributed by atoms with Crippen LogP contribution in [-0.4, -0.2) is 41.3 Å². The van der Waals surface area contributed by atoms with Gasteiger partial charge in [0.15, 0.2) is 0 Å². The maximum absolute atomic E-state index is 6.24. The Morgan fingerprint density at radius 1 is 1.40 bits per heavy atom. The minimum absolute atomic E-state index is 0.381. The van der Waals surface area contributed by atoms with Crippen molar-refractivity contribution in [3.63, 3.8) is 0 Å². The van der Waals surface area contributed by atoms with Crippen molar-refractivity contribution in [1.82, 2.24) is 0 Å². The van der Waals surface area contributed by atoms with Crippen molar-refractivity contribution in [3.05, 3.63) is 0 Å². The molecule has 3 unspecified atom stereocenters. The van der Waals surface area contributed by atoms with E-state index in [4.69, 9.17) is 10.5 Å². The molecule has 2 aliphatic rings. The molecule has 2 saturated heterocycles. The number of thioether (sulfide) groups is 2. The molecule has 0 amide bonds. The Morgan fingerprint density at radius 3 is 3.00 bits per heavy atom. The molecule has 0 radical (unpaired) electrons. The van der Waals surface area contributed by atoms with Crippen molar-refractivity contribution in [2.45, 2.75) is 43.1 Å². The molecule has 3 atom stereocenters. The quantitative estimate of drug-likeness (QED) is 0.825. The average Bonchev–Trinajstić information content (AvgIpc) is 2.80. The molecule has 2 nitrogen and oxygen atoms in total. The van der Waals surface area contributed by atoms with Gasteiger partial charge in [-0.1, -0.05) is 0 Å². The highest BCUT2D eigenvalue weighted by Gasteiger charge is 2.23. The van der Waals surface area contributed by atoms with Crippen LogP contribution in [0.2, 0.25) is 0 Å². The second-order valence-corrected chi connectivity index (χ2v) is 6.86. The molecule has 2 N–H and O–H groups in total. The zero-order valence-electron chi connectivity index (χ0n) is 9.19. The summed E-state index contributed by atoms with van der Waals surface area (Å²) >= 11 is 4.12. The second-order valence-electron chi connectivity index (χ2n) is 4.36. The van der Waals surface area contributed by atoms with E-state index in [0.717, 1.165) is 13.0 Å². The summed E-state index contributed by atoms with van der Waals surface area (Å²) in [7, 11) is 0. The maximum atomic E-state index is 6.24. The SMILES string of the molecule is NC(CCC1CCCO1)C1CSCCS1. The van der Waals surface area contributed by atoms with Gasteiger partial charge in [0.1, 0.15) is 0 Å². The summed E-state index contributed by atoms with van der Waals surface area (Å²) in [5, 5.41) is 0.685. The summed E-state index contributed by atoms with van der Waals surface area (Å²) in [5.74, 6) is 3.83. The number of hydrogen-bond acceptors (Lipinski definition) is 4. The molecule has 4 heteroatoms. The Labute approximate surface area is 101 Å². The van der Waals surface area contributed by atoms with Gasteiger partial charge in [0.25, 0.3) is 0 Å². The molecule has 2 aliphatic heterocycles. The fraction of sp³-hybridized carbons (Fsp3) is 1.00. The van der Waals surface area contributed by atoms with Crippen molar-refractivity contribution in [2.75, 3.05) is 23.9 Å². The largest absolute Gasteiger partial charge is 0.378 e. The van der Waals surface area contributed by atoms with Crippen LogP contribution in [0.15, 0.2) is 0 Å². The van der Waals surface area contributed by atoms with Crippen LogP contribution in [0.4, 0.5) is 0 Å². The monoisotopic (exact) mass is 247 g/mol. The predicted octanol–water partition coefficient (Wildman–Crippen LogP) is 2.12. The van der Waals surface area contributed by atoms with Crippen LogP contribution in [-0.2, 0) is 4.74 Å². The molecule has 0 aliphatic carbocycles. The number of rotatable bonds is 4. The third kappa shape index (κ3) is 3.84. The first-order chi connectivity index (χ1) is 7.36. The van der Waals surface area contributed by atoms with Crippen LogP contribution in [0.3, 0.4) is 0 Å². The molecule has 0 spiro atoms. The summed E-state index contributed by atoms with van der Waals surface area (Å²) in [6.07, 6.45) is 5.32. The van der Waals surface area contributed by atoms with Gasteiger partial charge in [0, 0.05) is 35.2 Å². The zero-order chi connectivity index (χ0) is 10.5. The maximum Gasteiger partial charge on any atom is 0.0576 e. The van der Waals surface area contributed by atoms with Crippen molar-refractivity contribution >= 4 is 23.5 Å². The Morgan fingerprint density at radius 2 is 2.33 bits per heavy atom. The van der Waals surface area contributed by atoms with Crippen molar-refractivity contribution in [2.24, 2.45) is 5.73 Å². The van der Waals surface area contributed by atoms with E-state index in [1.165, 1.54) is 36.5 Å². The van der Waals surface area contributed by atoms with Gasteiger partial charge >= 0.3 is 0 Å². The van der Waals surface area contributed by atoms with Gasteiger partial charge < -0.3 is 10.5 Å². The first-order valence-corrected chi connectivity index (χ1v) is 8.13. The molecule has 0 aromatic heterocycles. The van der Waals surface area contributed by atoms with E-state index in [0.29, 0.717) is 17.4 Å². The van der Waals surface area contributed by atoms with Crippen LogP contribution in [0.5, 0.6) is 0 Å². The second kappa shape index (κ2) is 6.38. The van der Waals surface area contributed by atoms with E-state index in [-0.39, 0.29) is 0 Å². The predicted molar refractivity (Wildman–Crippen MR) is 69.8 cm³/mol. The van der Waals surface area contributed by atoms with Crippen LogP contribution < -0.4 is 5.73 Å². The minimum atomic E-state index is 0.381. The minimum Gasteiger partial charge on any atom is -0.378 e. The van der Waals surface area contributed by atoms with Crippen LogP contribution in [0, 0.1) is 0 Å². The summed E-state index contributed by atoms with van der Waals surface area (Å²) in [5.41, 5.74) is 6.24. The molecule has 2 rings (SSSR count). The van der Waals surface area contributed by atoms with E-state index >= 15 is 0 Å². The van der Waals surface area contributed by atoms with E-state index in [2.05, 4.69) is 23.5 Å². The van der Waals surface area contributed by atoms with Gasteiger partial charge in [-0.05, 0) is 25.7 Å². The van der Waals surface area contributed by atoms with Crippen molar-refractivity contribution < 1.29 is 4.74 Å². The first-order valence-electron chi connectivity index (χ1n) is 5.93. The Kier molecular flexibility index (Phi) is 5.14. The lowest BCUT2D eigenvalue weighted by atomic mass is 10.0. The molecular weight excluding hydrogens is 226 g/mol. The van der Waals surface area contributed by atoms with Crippen LogP contribution in [0.1, 0.15) is 25.7 Å². The Bertz CT molecular complexity index is 179. The molecule has 0 aromatic rings. The highest BCUT2D eigenvalue weighted by atomic mass is 32.2. The molecule has 0 aromatic carbocycles. The summed E-state index contributed by atoms with van der Waals surface area (Å²) < 4.78 is 5.62. The molecule has 0 bridgehead atoms. The van der Waals surface area contributed by atoms with E-state index in [1.54, 1.807) is 0 Å². The molecule has 2 heterocycles. The van der Waals surface area contributed by atoms with Gasteiger partial charge in [-0.15, -0.1) is 0 Å². The molecule has 0 saturated carbocycles. The van der Waals surface area contributed by atoms with E-state index in [9.17, 15) is 0 Å². The lowest BCUT2D eigenvalue weighted by Gasteiger charge is -2.27. The summed E-state index contributed by atoms with van der Waals surface area (Å²) in [6.45, 7) is 0.966. The van der Waals surface area contributed by atoms with Gasteiger partial charge in [-0.25, -0.2) is 0 Å². The zero-order valence-corrected chi connectivity index (χ0v) is 10.8. The van der Waals surface area contributed by atoms with Gasteiger partial charge in [-0.3, -0.25) is 0 Å². The lowest BCUT2D eigenvalue weighted by Crippen LogP contribution is -2.36. The van der Waals surface area contributed by atoms with Gasteiger partial charge in [0.2, 0.25) is 0 Å². The standard InChI is InChI=1S/C11H21NOS2/c12-10(11-8-14-6-7-15-11)4-3-9-2-1-5-13-9/h9-11H,1-8,12H2. The van der Waals surface area contributed by atoms with Crippen molar-refractivity contribution in [1.29, 1.82) is 0 Å². The highest BCUT2D eigenvalue weighted by Crippen LogP contribution is 2.28. The highest BCUT2D eigenvalue weighted by molar-refractivity contribution is 8.06. The number of ether oxygens (including phenoxy) is 1. The fourth-order valence-corrected chi connectivity index (χ4v) is 5.05. The fourth-order valence-electron chi connectivity index (χ4n) is 2.19. The molecule has 88 valence electrons. The van der Waals surface area contributed by atoms with Crippen molar-refractivity contribution in [3.8, 4) is 0 Å². The van der Waals surface area contributed by atoms with Crippen LogP contribution >= 0.6 is 23.5 Å². The van der Waals surface area contributed by atoms with E-state index < -0.39 is 0 Å². The number of nitrogens with two attached hydrogens (primary N) is 1. The third-order valence-corrected chi connectivity index (χ3v) is 6.11. The van der Waals surface area contributed by atoms with Gasteiger partial charge in [-0.2, -0.15) is 23.5 Å². The topological polar surface area (TPSA) is 35.2 Å². The Balaban J connectivity index is 1.64. The van der Waals surface area contributed by atoms with Gasteiger partial charge in [0.05, 0.1) is 6.10 Å². The number of hydrogen-bond donors (Lipinski definition) is 1. The first kappa shape index (κ1) is 12.1. The average molecular weight is 247 g/mol. The molecule has 2 fully saturated rings. The normalized spacial score (nSPS) is 34.2. The smallest absolute Gasteiger partial charge is 0.0576 e. The lowest BCUT2D eigenvalue weighted by molar-refractivity contribution is 0.101. The third-order valence-electron chi connectivity index (χ3n) is 3.17. The molecule has 15 heavy (non-hydrogen) atoms. The van der Waals surface area contributed by atoms with E-state index in [1.807, 2.05) is 0 Å². The van der Waals surface area contributed by atoms with Crippen LogP contribution in [0.25, 0.3) is 0 Å². The molecular formula is C11H21NOS2. The summed E-state index contributed by atoms with van der Waals surface area (Å²) in [4.78, 5) is 0. The summed E-state index contributed by atoms with van der Waals surface area (Å²) in [6, 6.07) is 0.381.